The lowest BCUT2D eigenvalue weighted by Crippen LogP contribution is -2.37. The van der Waals surface area contributed by atoms with Crippen molar-refractivity contribution in [3.63, 3.8) is 0 Å². The van der Waals surface area contributed by atoms with Crippen molar-refractivity contribution in [1.82, 2.24) is 0 Å². The monoisotopic (exact) mass is 365 g/mol. The van der Waals surface area contributed by atoms with E-state index in [2.05, 4.69) is 4.99 Å². The van der Waals surface area contributed by atoms with Crippen LogP contribution in [0.4, 0.5) is 8.78 Å². The number of halogens is 2. The number of carbonyl (C=O) groups excluding carboxylic acids is 2. The number of rotatable bonds is 5. The highest BCUT2D eigenvalue weighted by molar-refractivity contribution is 6.07. The van der Waals surface area contributed by atoms with E-state index in [4.69, 9.17) is 9.47 Å². The summed E-state index contributed by atoms with van der Waals surface area (Å²) in [5, 5.41) is 0. The molecule has 0 radical (unpaired) electrons. The predicted molar refractivity (Wildman–Crippen MR) is 91.7 cm³/mol. The van der Waals surface area contributed by atoms with Crippen LogP contribution in [0.2, 0.25) is 0 Å². The Bertz CT molecular complexity index is 786. The second-order valence-electron chi connectivity index (χ2n) is 5.82. The quantitative estimate of drug-likeness (QED) is 0.749. The zero-order valence-electron chi connectivity index (χ0n) is 15.1. The smallest absolute Gasteiger partial charge is 0.336 e. The number of nitrogens with zero attached hydrogens (tertiary/aromatic N) is 1. The van der Waals surface area contributed by atoms with E-state index in [0.717, 1.165) is 6.07 Å². The summed E-state index contributed by atoms with van der Waals surface area (Å²) in [7, 11) is 0. The van der Waals surface area contributed by atoms with Crippen molar-refractivity contribution >= 4 is 17.7 Å². The third-order valence-electron chi connectivity index (χ3n) is 4.18. The molecule has 0 fully saturated rings. The van der Waals surface area contributed by atoms with Gasteiger partial charge in [0, 0.05) is 17.3 Å². The molecule has 2 atom stereocenters. The molecule has 1 aromatic carbocycles. The van der Waals surface area contributed by atoms with Crippen molar-refractivity contribution in [3.8, 4) is 0 Å². The number of carbonyl (C=O) groups is 2. The van der Waals surface area contributed by atoms with Crippen molar-refractivity contribution in [3.05, 3.63) is 46.7 Å². The van der Waals surface area contributed by atoms with Crippen LogP contribution in [0.1, 0.15) is 39.2 Å². The highest BCUT2D eigenvalue weighted by Crippen LogP contribution is 2.41. The standard InChI is InChI=1S/C19H21F2NO4/c1-5-25-18(23)14-10(3)22-11(4)15(19(24)26-6-2)16(14)12-8-7-9-13(20)17(12)21/h7-9,14,16H,5-6H2,1-4H3. The summed E-state index contributed by atoms with van der Waals surface area (Å²) in [6.07, 6.45) is 0. The van der Waals surface area contributed by atoms with Crippen LogP contribution in [0.25, 0.3) is 0 Å². The molecule has 140 valence electrons. The molecule has 1 aliphatic heterocycles. The Kier molecular flexibility index (Phi) is 6.23. The first-order valence-electron chi connectivity index (χ1n) is 8.37. The van der Waals surface area contributed by atoms with Gasteiger partial charge in [-0.1, -0.05) is 12.1 Å². The Hall–Kier alpha value is -2.57. The van der Waals surface area contributed by atoms with Crippen LogP contribution in [0.15, 0.2) is 34.5 Å². The van der Waals surface area contributed by atoms with E-state index in [1.54, 1.807) is 27.7 Å². The summed E-state index contributed by atoms with van der Waals surface area (Å²) in [5.74, 6) is -5.68. The van der Waals surface area contributed by atoms with Gasteiger partial charge in [-0.05, 0) is 39.3 Å². The molecule has 7 heteroatoms. The first-order chi connectivity index (χ1) is 12.3. The zero-order valence-corrected chi connectivity index (χ0v) is 15.1. The van der Waals surface area contributed by atoms with Gasteiger partial charge in [0.2, 0.25) is 0 Å². The molecule has 1 aliphatic rings. The minimum Gasteiger partial charge on any atom is -0.465 e. The fourth-order valence-corrected chi connectivity index (χ4v) is 3.15. The molecule has 2 rings (SSSR count). The van der Waals surface area contributed by atoms with Crippen molar-refractivity contribution in [1.29, 1.82) is 0 Å². The van der Waals surface area contributed by atoms with Crippen LogP contribution < -0.4 is 0 Å². The normalized spacial score (nSPS) is 19.8. The molecule has 0 bridgehead atoms. The Morgan fingerprint density at radius 3 is 2.38 bits per heavy atom. The third-order valence-corrected chi connectivity index (χ3v) is 4.18. The van der Waals surface area contributed by atoms with Crippen LogP contribution in [0.5, 0.6) is 0 Å². The van der Waals surface area contributed by atoms with Gasteiger partial charge in [0.05, 0.1) is 18.8 Å². The maximum Gasteiger partial charge on any atom is 0.336 e. The Labute approximate surface area is 150 Å². The van der Waals surface area contributed by atoms with E-state index >= 15 is 0 Å². The predicted octanol–water partition coefficient (Wildman–Crippen LogP) is 3.54. The third kappa shape index (κ3) is 3.66. The molecular weight excluding hydrogens is 344 g/mol. The van der Waals surface area contributed by atoms with E-state index in [1.165, 1.54) is 12.1 Å². The van der Waals surface area contributed by atoms with Gasteiger partial charge in [-0.25, -0.2) is 13.6 Å². The maximum atomic E-state index is 14.5. The SMILES string of the molecule is CCOC(=O)C1=C(C)N=C(C)C(C(=O)OCC)C1c1cccc(F)c1F. The van der Waals surface area contributed by atoms with Crippen molar-refractivity contribution in [2.45, 2.75) is 33.6 Å². The Balaban J connectivity index is 2.70. The summed E-state index contributed by atoms with van der Waals surface area (Å²) in [4.78, 5) is 29.3. The maximum absolute atomic E-state index is 14.5. The largest absolute Gasteiger partial charge is 0.465 e. The molecule has 0 amide bonds. The molecule has 0 spiro atoms. The van der Waals surface area contributed by atoms with Gasteiger partial charge < -0.3 is 9.47 Å². The Morgan fingerprint density at radius 2 is 1.77 bits per heavy atom. The molecular formula is C19H21F2NO4. The van der Waals surface area contributed by atoms with E-state index in [1.807, 2.05) is 0 Å². The fraction of sp³-hybridized carbons (Fsp3) is 0.421. The van der Waals surface area contributed by atoms with Crippen molar-refractivity contribution in [2.24, 2.45) is 10.9 Å². The summed E-state index contributed by atoms with van der Waals surface area (Å²) >= 11 is 0. The minimum absolute atomic E-state index is 0.0278. The minimum atomic E-state index is -1.11. The van der Waals surface area contributed by atoms with Crippen LogP contribution in [0, 0.1) is 17.6 Å². The van der Waals surface area contributed by atoms with Gasteiger partial charge in [0.1, 0.15) is 5.92 Å². The molecule has 0 aliphatic carbocycles. The summed E-state index contributed by atoms with van der Waals surface area (Å²) in [6.45, 7) is 6.64. The molecule has 0 N–H and O–H groups in total. The number of ether oxygens (including phenoxy) is 2. The van der Waals surface area contributed by atoms with Crippen LogP contribution >= 0.6 is 0 Å². The average molecular weight is 365 g/mol. The lowest BCUT2D eigenvalue weighted by atomic mass is 9.75. The number of benzene rings is 1. The highest BCUT2D eigenvalue weighted by Gasteiger charge is 2.43. The summed E-state index contributed by atoms with van der Waals surface area (Å²) in [5.41, 5.74) is 0.581. The lowest BCUT2D eigenvalue weighted by molar-refractivity contribution is -0.146. The van der Waals surface area contributed by atoms with E-state index in [0.29, 0.717) is 11.4 Å². The van der Waals surface area contributed by atoms with Crippen molar-refractivity contribution < 1.29 is 27.8 Å². The number of esters is 2. The highest BCUT2D eigenvalue weighted by atomic mass is 19.2. The number of hydrogen-bond donors (Lipinski definition) is 0. The van der Waals surface area contributed by atoms with E-state index in [-0.39, 0.29) is 24.4 Å². The zero-order chi connectivity index (χ0) is 19.4. The van der Waals surface area contributed by atoms with Crippen LogP contribution in [0.3, 0.4) is 0 Å². The first-order valence-corrected chi connectivity index (χ1v) is 8.37. The molecule has 2 unspecified atom stereocenters. The van der Waals surface area contributed by atoms with Gasteiger partial charge in [0.25, 0.3) is 0 Å². The summed E-state index contributed by atoms with van der Waals surface area (Å²) in [6, 6.07) is 3.65. The molecule has 26 heavy (non-hydrogen) atoms. The number of hydrogen-bond acceptors (Lipinski definition) is 5. The Morgan fingerprint density at radius 1 is 1.12 bits per heavy atom. The fourth-order valence-electron chi connectivity index (χ4n) is 3.15. The van der Waals surface area contributed by atoms with Gasteiger partial charge in [-0.15, -0.1) is 0 Å². The molecule has 0 saturated heterocycles. The number of allylic oxidation sites excluding steroid dienone is 1. The van der Waals surface area contributed by atoms with Gasteiger partial charge in [-0.3, -0.25) is 9.79 Å². The van der Waals surface area contributed by atoms with Crippen LogP contribution in [-0.4, -0.2) is 30.9 Å². The van der Waals surface area contributed by atoms with E-state index in [9.17, 15) is 18.4 Å². The van der Waals surface area contributed by atoms with Gasteiger partial charge >= 0.3 is 11.9 Å². The first kappa shape index (κ1) is 19.8. The average Bonchev–Trinajstić information content (AvgIpc) is 2.57. The van der Waals surface area contributed by atoms with Gasteiger partial charge in [-0.2, -0.15) is 0 Å². The summed E-state index contributed by atoms with van der Waals surface area (Å²) < 4.78 is 38.5. The van der Waals surface area contributed by atoms with E-state index < -0.39 is 35.4 Å². The lowest BCUT2D eigenvalue weighted by Gasteiger charge is -2.31. The molecule has 5 nitrogen and oxygen atoms in total. The molecule has 0 saturated carbocycles. The molecule has 1 aromatic rings. The van der Waals surface area contributed by atoms with Crippen molar-refractivity contribution in [2.75, 3.05) is 13.2 Å². The van der Waals surface area contributed by atoms with Gasteiger partial charge in [0.15, 0.2) is 11.6 Å². The van der Waals surface area contributed by atoms with Crippen LogP contribution in [-0.2, 0) is 19.1 Å². The second kappa shape index (κ2) is 8.21. The number of aliphatic imine (C=N–C) groups is 1. The second-order valence-corrected chi connectivity index (χ2v) is 5.82. The topological polar surface area (TPSA) is 65.0 Å². The molecule has 0 aromatic heterocycles. The molecule has 1 heterocycles.